The summed E-state index contributed by atoms with van der Waals surface area (Å²) in [5.41, 5.74) is 1.27. The van der Waals surface area contributed by atoms with Crippen LogP contribution in [0.4, 0.5) is 0 Å². The van der Waals surface area contributed by atoms with Crippen LogP contribution in [-0.2, 0) is 16.0 Å². The number of rotatable bonds is 2. The highest BCUT2D eigenvalue weighted by Crippen LogP contribution is 2.38. The quantitative estimate of drug-likeness (QED) is 0.852. The number of nitrogens with zero attached hydrogens (tertiary/aromatic N) is 1. The van der Waals surface area contributed by atoms with Gasteiger partial charge in [0.2, 0.25) is 5.91 Å². The van der Waals surface area contributed by atoms with Gasteiger partial charge in [-0.25, -0.2) is 0 Å². The standard InChI is InChI=1S/C13H18N2O2S2/c1-9-10(19-12(18)14-9)6-11(16)15-4-2-13(7-15)3-5-17-8-13/h2-8H2,1H3,(H,14,18)/t13-/m1/s1. The second-order valence-corrected chi connectivity index (χ2v) is 7.38. The van der Waals surface area contributed by atoms with Crippen molar-refractivity contribution in [3.05, 3.63) is 14.5 Å². The van der Waals surface area contributed by atoms with Crippen LogP contribution >= 0.6 is 23.6 Å². The van der Waals surface area contributed by atoms with E-state index in [4.69, 9.17) is 17.0 Å². The minimum absolute atomic E-state index is 0.220. The summed E-state index contributed by atoms with van der Waals surface area (Å²) in [6.45, 7) is 5.38. The van der Waals surface area contributed by atoms with E-state index in [1.165, 1.54) is 11.3 Å². The van der Waals surface area contributed by atoms with Crippen LogP contribution in [0.5, 0.6) is 0 Å². The van der Waals surface area contributed by atoms with E-state index < -0.39 is 0 Å². The van der Waals surface area contributed by atoms with Crippen molar-refractivity contribution in [1.29, 1.82) is 0 Å². The third-order valence-corrected chi connectivity index (χ3v) is 5.55. The van der Waals surface area contributed by atoms with E-state index in [1.54, 1.807) is 0 Å². The van der Waals surface area contributed by atoms with Gasteiger partial charge < -0.3 is 14.6 Å². The summed E-state index contributed by atoms with van der Waals surface area (Å²) in [6.07, 6.45) is 2.65. The van der Waals surface area contributed by atoms with E-state index in [9.17, 15) is 4.79 Å². The molecule has 0 bridgehead atoms. The summed E-state index contributed by atoms with van der Waals surface area (Å²) < 4.78 is 6.25. The highest BCUT2D eigenvalue weighted by molar-refractivity contribution is 7.73. The van der Waals surface area contributed by atoms with Gasteiger partial charge in [-0.3, -0.25) is 4.79 Å². The maximum absolute atomic E-state index is 12.4. The molecule has 1 spiro atoms. The molecule has 1 amide bonds. The van der Waals surface area contributed by atoms with Gasteiger partial charge in [0.1, 0.15) is 0 Å². The number of aromatic nitrogens is 1. The minimum Gasteiger partial charge on any atom is -0.381 e. The maximum Gasteiger partial charge on any atom is 0.227 e. The Kier molecular flexibility index (Phi) is 3.49. The molecular formula is C13H18N2O2S2. The molecule has 2 aliphatic heterocycles. The fraction of sp³-hybridized carbons (Fsp3) is 0.692. The molecule has 4 nitrogen and oxygen atoms in total. The van der Waals surface area contributed by atoms with Gasteiger partial charge in [0.15, 0.2) is 3.95 Å². The first kappa shape index (κ1) is 13.3. The summed E-state index contributed by atoms with van der Waals surface area (Å²) in [5, 5.41) is 0. The number of likely N-dealkylation sites (tertiary alicyclic amines) is 1. The number of amides is 1. The Morgan fingerprint density at radius 2 is 2.42 bits per heavy atom. The Hall–Kier alpha value is -0.720. The predicted octanol–water partition coefficient (Wildman–Crippen LogP) is 2.30. The van der Waals surface area contributed by atoms with Crippen molar-refractivity contribution in [2.45, 2.75) is 26.2 Å². The smallest absolute Gasteiger partial charge is 0.227 e. The third-order valence-electron chi connectivity index (χ3n) is 4.21. The molecule has 2 saturated heterocycles. The molecule has 1 aromatic rings. The summed E-state index contributed by atoms with van der Waals surface area (Å²) >= 11 is 6.62. The molecule has 0 unspecified atom stereocenters. The predicted molar refractivity (Wildman–Crippen MR) is 77.0 cm³/mol. The number of carbonyl (C=O) groups is 1. The lowest BCUT2D eigenvalue weighted by atomic mass is 9.87. The van der Waals surface area contributed by atoms with Gasteiger partial charge >= 0.3 is 0 Å². The molecule has 1 N–H and O–H groups in total. The molecule has 3 rings (SSSR count). The van der Waals surface area contributed by atoms with E-state index in [1.807, 2.05) is 11.8 Å². The molecule has 1 aromatic heterocycles. The van der Waals surface area contributed by atoms with Crippen LogP contribution in [-0.4, -0.2) is 42.1 Å². The lowest BCUT2D eigenvalue weighted by Gasteiger charge is -2.21. The van der Waals surface area contributed by atoms with E-state index in [-0.39, 0.29) is 11.3 Å². The first-order valence-corrected chi connectivity index (χ1v) is 7.85. The number of hydrogen-bond donors (Lipinski definition) is 1. The maximum atomic E-state index is 12.4. The molecule has 0 aliphatic carbocycles. The molecule has 0 aromatic carbocycles. The summed E-state index contributed by atoms with van der Waals surface area (Å²) in [7, 11) is 0. The zero-order chi connectivity index (χ0) is 13.5. The zero-order valence-corrected chi connectivity index (χ0v) is 12.7. The van der Waals surface area contributed by atoms with Crippen molar-refractivity contribution in [3.63, 3.8) is 0 Å². The van der Waals surface area contributed by atoms with E-state index in [0.717, 1.165) is 53.7 Å². The number of carbonyl (C=O) groups excluding carboxylic acids is 1. The number of nitrogens with one attached hydrogen (secondary N) is 1. The van der Waals surface area contributed by atoms with Crippen LogP contribution in [0.25, 0.3) is 0 Å². The molecule has 104 valence electrons. The number of H-pyrrole nitrogens is 1. The zero-order valence-electron chi connectivity index (χ0n) is 11.0. The molecular weight excluding hydrogens is 280 g/mol. The molecule has 2 fully saturated rings. The van der Waals surface area contributed by atoms with Gasteiger partial charge in [0, 0.05) is 35.7 Å². The molecule has 0 radical (unpaired) electrons. The number of aryl methyl sites for hydroxylation is 1. The lowest BCUT2D eigenvalue weighted by molar-refractivity contribution is -0.129. The van der Waals surface area contributed by atoms with Crippen molar-refractivity contribution in [3.8, 4) is 0 Å². The second kappa shape index (κ2) is 5.00. The van der Waals surface area contributed by atoms with Gasteiger partial charge in [-0.05, 0) is 32.0 Å². The third kappa shape index (κ3) is 2.61. The summed E-state index contributed by atoms with van der Waals surface area (Å²) in [6, 6.07) is 0. The monoisotopic (exact) mass is 298 g/mol. The Bertz CT molecular complexity index is 543. The fourth-order valence-corrected chi connectivity index (χ4v) is 4.26. The Morgan fingerprint density at radius 1 is 1.58 bits per heavy atom. The number of ether oxygens (including phenoxy) is 1. The first-order valence-electron chi connectivity index (χ1n) is 6.62. The average molecular weight is 298 g/mol. The van der Waals surface area contributed by atoms with Crippen LogP contribution in [0.1, 0.15) is 23.4 Å². The highest BCUT2D eigenvalue weighted by Gasteiger charge is 2.42. The van der Waals surface area contributed by atoms with Crippen molar-refractivity contribution in [2.75, 3.05) is 26.3 Å². The molecule has 1 atom stereocenters. The van der Waals surface area contributed by atoms with Crippen LogP contribution in [0.3, 0.4) is 0 Å². The van der Waals surface area contributed by atoms with Crippen molar-refractivity contribution in [2.24, 2.45) is 5.41 Å². The molecule has 0 saturated carbocycles. The summed E-state index contributed by atoms with van der Waals surface area (Å²) in [4.78, 5) is 18.5. The highest BCUT2D eigenvalue weighted by atomic mass is 32.1. The molecule has 19 heavy (non-hydrogen) atoms. The minimum atomic E-state index is 0.220. The van der Waals surface area contributed by atoms with E-state index in [0.29, 0.717) is 6.42 Å². The van der Waals surface area contributed by atoms with Gasteiger partial charge in [-0.2, -0.15) is 0 Å². The van der Waals surface area contributed by atoms with E-state index in [2.05, 4.69) is 4.98 Å². The fourth-order valence-electron chi connectivity index (χ4n) is 2.97. The Labute approximate surface area is 121 Å². The Balaban J connectivity index is 1.65. The number of thiazole rings is 1. The molecule has 6 heteroatoms. The number of hydrogen-bond acceptors (Lipinski definition) is 4. The molecule has 3 heterocycles. The lowest BCUT2D eigenvalue weighted by Crippen LogP contribution is -2.33. The van der Waals surface area contributed by atoms with Gasteiger partial charge in [-0.15, -0.1) is 11.3 Å². The van der Waals surface area contributed by atoms with Crippen molar-refractivity contribution >= 4 is 29.5 Å². The van der Waals surface area contributed by atoms with Gasteiger partial charge in [-0.1, -0.05) is 0 Å². The first-order chi connectivity index (χ1) is 9.08. The van der Waals surface area contributed by atoms with Gasteiger partial charge in [0.25, 0.3) is 0 Å². The number of aromatic amines is 1. The topological polar surface area (TPSA) is 45.3 Å². The second-order valence-electron chi connectivity index (χ2n) is 5.61. The normalized spacial score (nSPS) is 26.5. The largest absolute Gasteiger partial charge is 0.381 e. The van der Waals surface area contributed by atoms with Crippen molar-refractivity contribution < 1.29 is 9.53 Å². The average Bonchev–Trinajstić information content (AvgIpc) is 3.05. The van der Waals surface area contributed by atoms with Crippen LogP contribution in [0.15, 0.2) is 0 Å². The van der Waals surface area contributed by atoms with Gasteiger partial charge in [0.05, 0.1) is 13.0 Å². The van der Waals surface area contributed by atoms with Crippen molar-refractivity contribution in [1.82, 2.24) is 9.88 Å². The van der Waals surface area contributed by atoms with Crippen LogP contribution in [0.2, 0.25) is 0 Å². The van der Waals surface area contributed by atoms with E-state index >= 15 is 0 Å². The summed E-state index contributed by atoms with van der Waals surface area (Å²) in [5.74, 6) is 0.220. The van der Waals surface area contributed by atoms with Crippen LogP contribution in [0, 0.1) is 16.3 Å². The van der Waals surface area contributed by atoms with Crippen LogP contribution < -0.4 is 0 Å². The Morgan fingerprint density at radius 3 is 3.05 bits per heavy atom. The molecule has 2 aliphatic rings. The SMILES string of the molecule is Cc1[nH]c(=S)sc1CC(=O)N1CC[C@@]2(CCOC2)C1.